The Hall–Kier alpha value is -2.23. The minimum absolute atomic E-state index is 0.105. The van der Waals surface area contributed by atoms with Crippen molar-refractivity contribution in [3.8, 4) is 0 Å². The third kappa shape index (κ3) is 2.34. The summed E-state index contributed by atoms with van der Waals surface area (Å²) < 4.78 is 25.9. The molecule has 19 heavy (non-hydrogen) atoms. The van der Waals surface area contributed by atoms with E-state index in [2.05, 4.69) is 16.6 Å². The summed E-state index contributed by atoms with van der Waals surface area (Å²) in [4.78, 5) is 4.24. The van der Waals surface area contributed by atoms with Gasteiger partial charge in [-0.2, -0.15) is 0 Å². The monoisotopic (exact) mass is 257 g/mol. The van der Waals surface area contributed by atoms with E-state index in [1.807, 2.05) is 0 Å². The van der Waals surface area contributed by atoms with Crippen molar-refractivity contribution in [3.05, 3.63) is 71.3 Å². The fourth-order valence-electron chi connectivity index (χ4n) is 2.19. The molecule has 4 heteroatoms. The average molecular weight is 257 g/mol. The Balaban J connectivity index is 1.90. The van der Waals surface area contributed by atoms with Crippen LogP contribution in [0.15, 0.2) is 53.5 Å². The lowest BCUT2D eigenvalue weighted by Gasteiger charge is -2.19. The van der Waals surface area contributed by atoms with Crippen LogP contribution in [0.2, 0.25) is 0 Å². The maximum Gasteiger partial charge on any atom is 0.165 e. The van der Waals surface area contributed by atoms with Gasteiger partial charge in [0, 0.05) is 0 Å². The van der Waals surface area contributed by atoms with E-state index >= 15 is 0 Å². The average Bonchev–Trinajstić information content (AvgIpc) is 2.90. The first-order valence-electron chi connectivity index (χ1n) is 5.95. The number of nitrogens with one attached hydrogen (secondary N) is 1. The van der Waals surface area contributed by atoms with E-state index in [0.717, 1.165) is 11.1 Å². The third-order valence-corrected chi connectivity index (χ3v) is 3.18. The van der Waals surface area contributed by atoms with Gasteiger partial charge in [0.2, 0.25) is 0 Å². The van der Waals surface area contributed by atoms with E-state index < -0.39 is 0 Å². The summed E-state index contributed by atoms with van der Waals surface area (Å²) in [5.41, 5.74) is 1.82. The maximum absolute atomic E-state index is 12.9. The fraction of sp³-hybridized carbons (Fsp3) is 0.133. The molecule has 95 valence electrons. The minimum Gasteiger partial charge on any atom is -0.358 e. The molecule has 0 spiro atoms. The summed E-state index contributed by atoms with van der Waals surface area (Å²) in [6.45, 7) is 0. The van der Waals surface area contributed by atoms with E-state index in [1.54, 1.807) is 24.3 Å². The Morgan fingerprint density at radius 1 is 0.842 bits per heavy atom. The largest absolute Gasteiger partial charge is 0.358 e. The topological polar surface area (TPSA) is 24.4 Å². The SMILES string of the molecule is Fc1ccc([C@H]2N=[C]N[C@H]2c2ccc(F)cc2)cc1. The number of halogens is 2. The first-order valence-corrected chi connectivity index (χ1v) is 5.95. The summed E-state index contributed by atoms with van der Waals surface area (Å²) in [5.74, 6) is -0.550. The van der Waals surface area contributed by atoms with Crippen molar-refractivity contribution in [2.24, 2.45) is 4.99 Å². The quantitative estimate of drug-likeness (QED) is 0.877. The lowest BCUT2D eigenvalue weighted by atomic mass is 9.95. The van der Waals surface area contributed by atoms with E-state index in [9.17, 15) is 8.78 Å². The number of nitrogens with zero attached hydrogens (tertiary/aromatic N) is 1. The van der Waals surface area contributed by atoms with Gasteiger partial charge in [0.1, 0.15) is 17.7 Å². The second kappa shape index (κ2) is 4.80. The Kier molecular flexibility index (Phi) is 2.99. The summed E-state index contributed by atoms with van der Waals surface area (Å²) in [6.07, 6.45) is 2.74. The summed E-state index contributed by atoms with van der Waals surface area (Å²) >= 11 is 0. The number of hydrogen-bond donors (Lipinski definition) is 1. The lowest BCUT2D eigenvalue weighted by Crippen LogP contribution is -2.18. The van der Waals surface area contributed by atoms with Crippen LogP contribution in [0.1, 0.15) is 23.2 Å². The molecule has 1 aliphatic rings. The van der Waals surface area contributed by atoms with Crippen molar-refractivity contribution < 1.29 is 8.78 Å². The number of benzene rings is 2. The van der Waals surface area contributed by atoms with Gasteiger partial charge in [-0.25, -0.2) is 8.78 Å². The summed E-state index contributed by atoms with van der Waals surface area (Å²) in [5, 5.41) is 3.02. The van der Waals surface area contributed by atoms with Crippen molar-refractivity contribution >= 4 is 6.34 Å². The highest BCUT2D eigenvalue weighted by molar-refractivity contribution is 5.60. The zero-order chi connectivity index (χ0) is 13.2. The molecule has 0 fully saturated rings. The van der Waals surface area contributed by atoms with E-state index in [1.165, 1.54) is 24.3 Å². The zero-order valence-corrected chi connectivity index (χ0v) is 9.98. The van der Waals surface area contributed by atoms with Crippen molar-refractivity contribution in [2.45, 2.75) is 12.1 Å². The second-order valence-corrected chi connectivity index (χ2v) is 4.41. The van der Waals surface area contributed by atoms with Gasteiger partial charge in [0.25, 0.3) is 0 Å². The molecule has 1 aliphatic heterocycles. The normalized spacial score (nSPS) is 21.4. The molecule has 0 saturated heterocycles. The van der Waals surface area contributed by atoms with Gasteiger partial charge in [-0.05, 0) is 35.4 Å². The van der Waals surface area contributed by atoms with Crippen molar-refractivity contribution in [2.75, 3.05) is 0 Å². The molecule has 2 atom stereocenters. The van der Waals surface area contributed by atoms with Gasteiger partial charge in [-0.1, -0.05) is 24.3 Å². The fourth-order valence-corrected chi connectivity index (χ4v) is 2.19. The predicted octanol–water partition coefficient (Wildman–Crippen LogP) is 3.26. The molecule has 0 unspecified atom stereocenters. The molecule has 3 rings (SSSR count). The number of rotatable bonds is 2. The Bertz CT molecular complexity index is 591. The van der Waals surface area contributed by atoms with Crippen LogP contribution >= 0.6 is 0 Å². The van der Waals surface area contributed by atoms with Crippen LogP contribution in [0.3, 0.4) is 0 Å². The summed E-state index contributed by atoms with van der Waals surface area (Å²) in [6, 6.07) is 12.2. The zero-order valence-electron chi connectivity index (χ0n) is 9.98. The van der Waals surface area contributed by atoms with Crippen LogP contribution in [0.25, 0.3) is 0 Å². The highest BCUT2D eigenvalue weighted by Crippen LogP contribution is 2.34. The van der Waals surface area contributed by atoms with Crippen molar-refractivity contribution in [1.29, 1.82) is 0 Å². The first kappa shape index (κ1) is 11.8. The smallest absolute Gasteiger partial charge is 0.165 e. The van der Waals surface area contributed by atoms with E-state index in [0.29, 0.717) is 0 Å². The van der Waals surface area contributed by atoms with Crippen LogP contribution in [0.4, 0.5) is 8.78 Å². The Labute approximate surface area is 109 Å². The predicted molar refractivity (Wildman–Crippen MR) is 68.9 cm³/mol. The molecule has 1 radical (unpaired) electrons. The van der Waals surface area contributed by atoms with Gasteiger partial charge in [0.05, 0.1) is 6.04 Å². The van der Waals surface area contributed by atoms with Gasteiger partial charge in [0.15, 0.2) is 6.34 Å². The molecule has 0 saturated carbocycles. The molecular weight excluding hydrogens is 246 g/mol. The minimum atomic E-state index is -0.277. The van der Waals surface area contributed by atoms with Gasteiger partial charge in [-0.15, -0.1) is 0 Å². The standard InChI is InChI=1S/C15H11F2N2/c16-12-5-1-10(2-6-12)14-15(19-9-18-14)11-3-7-13(17)8-4-11/h1-8,14-15H,(H,18,19)/t14-,15+. The van der Waals surface area contributed by atoms with Crippen LogP contribution < -0.4 is 5.32 Å². The maximum atomic E-state index is 12.9. The van der Waals surface area contributed by atoms with Crippen molar-refractivity contribution in [3.63, 3.8) is 0 Å². The van der Waals surface area contributed by atoms with Crippen LogP contribution in [0, 0.1) is 11.6 Å². The van der Waals surface area contributed by atoms with Gasteiger partial charge < -0.3 is 5.32 Å². The molecular formula is C15H11F2N2. The first-order chi connectivity index (χ1) is 9.24. The van der Waals surface area contributed by atoms with Crippen LogP contribution in [-0.4, -0.2) is 6.34 Å². The molecule has 2 aromatic carbocycles. The van der Waals surface area contributed by atoms with Crippen LogP contribution in [0.5, 0.6) is 0 Å². The van der Waals surface area contributed by atoms with E-state index in [4.69, 9.17) is 0 Å². The molecule has 1 N–H and O–H groups in total. The van der Waals surface area contributed by atoms with E-state index in [-0.39, 0.29) is 23.7 Å². The van der Waals surface area contributed by atoms with Gasteiger partial charge >= 0.3 is 0 Å². The second-order valence-electron chi connectivity index (χ2n) is 4.41. The molecule has 0 aliphatic carbocycles. The molecule has 0 amide bonds. The molecule has 1 heterocycles. The van der Waals surface area contributed by atoms with Gasteiger partial charge in [-0.3, -0.25) is 4.99 Å². The van der Waals surface area contributed by atoms with Crippen molar-refractivity contribution in [1.82, 2.24) is 5.32 Å². The molecule has 2 nitrogen and oxygen atoms in total. The Morgan fingerprint density at radius 3 is 1.95 bits per heavy atom. The Morgan fingerprint density at radius 2 is 1.37 bits per heavy atom. The summed E-state index contributed by atoms with van der Waals surface area (Å²) in [7, 11) is 0. The molecule has 0 bridgehead atoms. The number of aliphatic imine (C=N–C) groups is 1. The third-order valence-electron chi connectivity index (χ3n) is 3.18. The highest BCUT2D eigenvalue weighted by Gasteiger charge is 2.27. The number of hydrogen-bond acceptors (Lipinski definition) is 2. The molecule has 2 aromatic rings. The lowest BCUT2D eigenvalue weighted by molar-refractivity contribution is 0.566. The highest BCUT2D eigenvalue weighted by atomic mass is 19.1. The van der Waals surface area contributed by atoms with Crippen LogP contribution in [-0.2, 0) is 0 Å². The molecule has 0 aromatic heterocycles.